The van der Waals surface area contributed by atoms with Gasteiger partial charge in [-0.25, -0.2) is 17.6 Å². The molecule has 0 spiro atoms. The third-order valence-corrected chi connectivity index (χ3v) is 9.96. The van der Waals surface area contributed by atoms with Crippen LogP contribution in [0.4, 0.5) is 17.6 Å². The minimum absolute atomic E-state index is 0.0184. The summed E-state index contributed by atoms with van der Waals surface area (Å²) >= 11 is 0. The van der Waals surface area contributed by atoms with E-state index in [0.717, 1.165) is 44.6 Å². The Hall–Kier alpha value is -4.67. The number of carbonyl (C=O) groups is 4. The van der Waals surface area contributed by atoms with Crippen LogP contribution >= 0.6 is 0 Å². The van der Waals surface area contributed by atoms with Gasteiger partial charge in [0.05, 0.1) is 30.4 Å². The highest BCUT2D eigenvalue weighted by atomic mass is 32.2. The van der Waals surface area contributed by atoms with Gasteiger partial charge in [-0.05, 0) is 35.4 Å². The number of carboxylic acid groups (broad SMARTS) is 1. The smallest absolute Gasteiger partial charge is 0.475 e. The summed E-state index contributed by atoms with van der Waals surface area (Å²) < 4.78 is 78.1. The number of benzene rings is 3. The molecule has 0 aliphatic carbocycles. The molecule has 256 valence electrons. The number of nitrogens with zero attached hydrogens (tertiary/aromatic N) is 2. The molecule has 4 atom stereocenters. The van der Waals surface area contributed by atoms with Crippen LogP contribution in [0.5, 0.6) is 0 Å². The Bertz CT molecular complexity index is 1760. The number of nitrogens with one attached hydrogen (secondary N) is 1. The molecular weight excluding hydrogens is 662 g/mol. The molecule has 2 aliphatic heterocycles. The first kappa shape index (κ1) is 36.2. The number of hydrogen-bond acceptors (Lipinski definition) is 8. The molecule has 0 unspecified atom stereocenters. The lowest BCUT2D eigenvalue weighted by atomic mass is 9.76. The Labute approximate surface area is 273 Å². The van der Waals surface area contributed by atoms with Crippen molar-refractivity contribution in [1.29, 1.82) is 0 Å². The highest BCUT2D eigenvalue weighted by Gasteiger charge is 2.68. The van der Waals surface area contributed by atoms with Crippen molar-refractivity contribution in [2.24, 2.45) is 11.8 Å². The van der Waals surface area contributed by atoms with E-state index < -0.39 is 69.2 Å². The number of aliphatic carboxylic acids is 1. The Morgan fingerprint density at radius 1 is 0.938 bits per heavy atom. The fraction of sp³-hybridized carbons (Fsp3) is 0.312. The largest absolute Gasteiger partial charge is 0.490 e. The average molecular weight is 694 g/mol. The Morgan fingerprint density at radius 2 is 1.46 bits per heavy atom. The van der Waals surface area contributed by atoms with Gasteiger partial charge in [0.1, 0.15) is 11.4 Å². The molecule has 0 saturated carbocycles. The summed E-state index contributed by atoms with van der Waals surface area (Å²) in [5.41, 5.74) is -0.148. The zero-order valence-electron chi connectivity index (χ0n) is 25.6. The normalized spacial score (nSPS) is 22.2. The number of fused-ring (bicyclic) bond motifs is 1. The van der Waals surface area contributed by atoms with E-state index in [4.69, 9.17) is 14.6 Å². The molecule has 3 aromatic rings. The van der Waals surface area contributed by atoms with Gasteiger partial charge in [0.2, 0.25) is 21.8 Å². The number of likely N-dealkylation sites (N-methyl/N-ethyl adjacent to an activating group) is 1. The number of halogens is 4. The van der Waals surface area contributed by atoms with Crippen LogP contribution in [-0.2, 0) is 46.9 Å². The topological polar surface area (TPSA) is 150 Å². The molecule has 0 radical (unpaired) electrons. The Kier molecular flexibility index (Phi) is 10.7. The van der Waals surface area contributed by atoms with Crippen molar-refractivity contribution in [3.05, 3.63) is 102 Å². The van der Waals surface area contributed by atoms with Crippen LogP contribution in [0, 0.1) is 17.7 Å². The first-order chi connectivity index (χ1) is 22.5. The van der Waals surface area contributed by atoms with Crippen molar-refractivity contribution in [3.63, 3.8) is 0 Å². The first-order valence-electron chi connectivity index (χ1n) is 14.3. The molecule has 0 bridgehead atoms. The molecule has 5 rings (SSSR count). The van der Waals surface area contributed by atoms with Gasteiger partial charge in [-0.3, -0.25) is 24.6 Å². The summed E-state index contributed by atoms with van der Waals surface area (Å²) in [6, 6.07) is 21.6. The molecule has 2 fully saturated rings. The van der Waals surface area contributed by atoms with Crippen molar-refractivity contribution in [1.82, 2.24) is 14.5 Å². The van der Waals surface area contributed by atoms with E-state index in [-0.39, 0.29) is 24.4 Å². The van der Waals surface area contributed by atoms with Gasteiger partial charge >= 0.3 is 18.1 Å². The summed E-state index contributed by atoms with van der Waals surface area (Å²) in [7, 11) is -1.53. The number of alkyl halides is 3. The van der Waals surface area contributed by atoms with E-state index in [2.05, 4.69) is 5.32 Å². The molecular formula is C32H31F4N3O8S. The predicted octanol–water partition coefficient (Wildman–Crippen LogP) is 3.01. The summed E-state index contributed by atoms with van der Waals surface area (Å²) in [6.07, 6.45) is -5.04. The van der Waals surface area contributed by atoms with Crippen LogP contribution in [0.1, 0.15) is 11.1 Å². The predicted molar refractivity (Wildman–Crippen MR) is 161 cm³/mol. The summed E-state index contributed by atoms with van der Waals surface area (Å²) in [6.45, 7) is -0.211. The quantitative estimate of drug-likeness (QED) is 0.196. The zero-order chi connectivity index (χ0) is 35.4. The first-order valence-corrected chi connectivity index (χ1v) is 15.8. The second-order valence-electron chi connectivity index (χ2n) is 11.2. The molecule has 2 aliphatic rings. The molecule has 3 aromatic carbocycles. The summed E-state index contributed by atoms with van der Waals surface area (Å²) in [4.78, 5) is 51.4. The van der Waals surface area contributed by atoms with Crippen LogP contribution in [0.25, 0.3) is 0 Å². The number of amides is 2. The Morgan fingerprint density at radius 3 is 1.96 bits per heavy atom. The number of likely N-dealkylation sites (tertiary alicyclic amines) is 1. The number of carbonyl (C=O) groups excluding carboxylic acids is 3. The standard InChI is InChI=1S/C30H30FN3O6S.C2HF3O2/c1-33(41(38,39)23-15-13-22(31)14-16-23)19-24-25-26(28(36)34(27(25)35)18-21-11-7-4-8-12-21)30(32-24,29(37)40-2)17-20-9-5-3-6-10-20;3-2(4,5)1(6)7/h3-16,24-26,32H,17-19H2,1-2H3;(H,6,7)/t24-,25+,26-,30-;/m1./s1. The minimum Gasteiger partial charge on any atom is -0.475 e. The van der Waals surface area contributed by atoms with Crippen molar-refractivity contribution in [2.75, 3.05) is 20.7 Å². The number of imide groups is 1. The van der Waals surface area contributed by atoms with Crippen molar-refractivity contribution in [3.8, 4) is 0 Å². The van der Waals surface area contributed by atoms with Crippen LogP contribution in [0.3, 0.4) is 0 Å². The number of sulfonamides is 1. The number of methoxy groups -OCH3 is 1. The SMILES string of the molecule is COC(=O)[C@]1(Cc2ccccc2)N[C@H](CN(C)S(=O)(=O)c2ccc(F)cc2)[C@@H]2C(=O)N(Cc3ccccc3)C(=O)[C@@H]21.O=C(O)C(F)(F)F. The molecule has 2 heterocycles. The molecule has 48 heavy (non-hydrogen) atoms. The Balaban J connectivity index is 0.000000671. The molecule has 16 heteroatoms. The van der Waals surface area contributed by atoms with E-state index in [1.165, 1.54) is 14.2 Å². The highest BCUT2D eigenvalue weighted by Crippen LogP contribution is 2.46. The third-order valence-electron chi connectivity index (χ3n) is 8.13. The fourth-order valence-electron chi connectivity index (χ4n) is 5.95. The minimum atomic E-state index is -5.08. The number of hydrogen-bond donors (Lipinski definition) is 2. The number of ether oxygens (including phenoxy) is 1. The lowest BCUT2D eigenvalue weighted by Crippen LogP contribution is -2.59. The van der Waals surface area contributed by atoms with E-state index in [1.807, 2.05) is 24.3 Å². The molecule has 0 aromatic heterocycles. The number of carboxylic acids is 1. The van der Waals surface area contributed by atoms with E-state index in [9.17, 15) is 40.4 Å². The van der Waals surface area contributed by atoms with Crippen LogP contribution in [0.15, 0.2) is 89.8 Å². The van der Waals surface area contributed by atoms with E-state index in [1.54, 1.807) is 36.4 Å². The van der Waals surface area contributed by atoms with Crippen molar-refractivity contribution >= 4 is 33.8 Å². The maximum atomic E-state index is 14.0. The van der Waals surface area contributed by atoms with Gasteiger partial charge in [-0.2, -0.15) is 17.5 Å². The zero-order valence-corrected chi connectivity index (χ0v) is 26.4. The summed E-state index contributed by atoms with van der Waals surface area (Å²) in [5, 5.41) is 10.3. The lowest BCUT2D eigenvalue weighted by Gasteiger charge is -2.33. The second kappa shape index (κ2) is 14.2. The van der Waals surface area contributed by atoms with Gasteiger partial charge in [0.15, 0.2) is 0 Å². The maximum Gasteiger partial charge on any atom is 0.490 e. The van der Waals surface area contributed by atoms with Crippen molar-refractivity contribution in [2.45, 2.75) is 35.6 Å². The van der Waals surface area contributed by atoms with Gasteiger partial charge in [0.25, 0.3) is 0 Å². The highest BCUT2D eigenvalue weighted by molar-refractivity contribution is 7.89. The van der Waals surface area contributed by atoms with Crippen molar-refractivity contribution < 1.29 is 55.0 Å². The molecule has 2 amide bonds. The van der Waals surface area contributed by atoms with Crippen LogP contribution in [0.2, 0.25) is 0 Å². The van der Waals surface area contributed by atoms with Crippen LogP contribution in [-0.4, -0.2) is 84.9 Å². The molecule has 2 saturated heterocycles. The van der Waals surface area contributed by atoms with Gasteiger partial charge in [-0.1, -0.05) is 60.7 Å². The van der Waals surface area contributed by atoms with Crippen LogP contribution < -0.4 is 5.32 Å². The maximum absolute atomic E-state index is 14.0. The lowest BCUT2D eigenvalue weighted by molar-refractivity contribution is -0.192. The monoisotopic (exact) mass is 693 g/mol. The fourth-order valence-corrected chi connectivity index (χ4v) is 7.14. The van der Waals surface area contributed by atoms with E-state index in [0.29, 0.717) is 0 Å². The number of rotatable bonds is 9. The molecule has 2 N–H and O–H groups in total. The van der Waals surface area contributed by atoms with E-state index >= 15 is 0 Å². The second-order valence-corrected chi connectivity index (χ2v) is 13.2. The summed E-state index contributed by atoms with van der Waals surface area (Å²) in [5.74, 6) is -7.22. The van der Waals surface area contributed by atoms with Gasteiger partial charge in [0, 0.05) is 26.1 Å². The van der Waals surface area contributed by atoms with Gasteiger partial charge in [-0.15, -0.1) is 0 Å². The molecule has 11 nitrogen and oxygen atoms in total. The third kappa shape index (κ3) is 7.40. The number of esters is 1. The van der Waals surface area contributed by atoms with Gasteiger partial charge < -0.3 is 9.84 Å². The average Bonchev–Trinajstić information content (AvgIpc) is 3.50.